The van der Waals surface area contributed by atoms with Crippen LogP contribution >= 0.6 is 0 Å². The van der Waals surface area contributed by atoms with Crippen molar-refractivity contribution in [2.45, 2.75) is 6.92 Å². The molecule has 3 aromatic heterocycles. The minimum atomic E-state index is 1.15. The van der Waals surface area contributed by atoms with Crippen molar-refractivity contribution in [3.8, 4) is 28.2 Å². The lowest BCUT2D eigenvalue weighted by Gasteiger charge is -2.12. The lowest BCUT2D eigenvalue weighted by molar-refractivity contribution is 1.14. The highest BCUT2D eigenvalue weighted by Crippen LogP contribution is 2.39. The lowest BCUT2D eigenvalue weighted by Crippen LogP contribution is -1.97. The first-order valence-electron chi connectivity index (χ1n) is 17.9. The molecule has 8 aromatic carbocycles. The Hall–Kier alpha value is -6.84. The van der Waals surface area contributed by atoms with Crippen molar-refractivity contribution in [2.75, 3.05) is 0 Å². The van der Waals surface area contributed by atoms with E-state index in [1.807, 2.05) is 0 Å². The second-order valence-corrected chi connectivity index (χ2v) is 13.8. The molecule has 0 atom stereocenters. The van der Waals surface area contributed by atoms with E-state index in [0.29, 0.717) is 0 Å². The molecule has 0 saturated carbocycles. The molecule has 0 saturated heterocycles. The van der Waals surface area contributed by atoms with Crippen molar-refractivity contribution in [3.63, 3.8) is 0 Å². The highest BCUT2D eigenvalue weighted by atomic mass is 15.0. The van der Waals surface area contributed by atoms with Gasteiger partial charge in [0.1, 0.15) is 0 Å². The van der Waals surface area contributed by atoms with Crippen LogP contribution in [0.1, 0.15) is 5.56 Å². The fraction of sp³-hybridized carbons (Fsp3) is 0.0204. The summed E-state index contributed by atoms with van der Waals surface area (Å²) in [6.45, 7) is 2.19. The largest absolute Gasteiger partial charge is 0.309 e. The van der Waals surface area contributed by atoms with Crippen LogP contribution in [0, 0.1) is 6.92 Å². The third kappa shape index (κ3) is 4.14. The van der Waals surface area contributed by atoms with Crippen molar-refractivity contribution in [1.82, 2.24) is 13.7 Å². The molecule has 3 nitrogen and oxygen atoms in total. The number of aromatic nitrogens is 3. The quantitative estimate of drug-likeness (QED) is 0.178. The number of rotatable bonds is 4. The molecular formula is C49H33N3. The average Bonchev–Trinajstić information content (AvgIpc) is 3.84. The lowest BCUT2D eigenvalue weighted by atomic mass is 10.0. The Morgan fingerprint density at radius 1 is 0.288 bits per heavy atom. The van der Waals surface area contributed by atoms with Crippen LogP contribution in [0.15, 0.2) is 182 Å². The third-order valence-corrected chi connectivity index (χ3v) is 11.0. The maximum atomic E-state index is 2.41. The van der Waals surface area contributed by atoms with Crippen LogP contribution in [-0.4, -0.2) is 13.7 Å². The van der Waals surface area contributed by atoms with Gasteiger partial charge in [-0.1, -0.05) is 103 Å². The minimum Gasteiger partial charge on any atom is -0.309 e. The summed E-state index contributed by atoms with van der Waals surface area (Å²) in [5, 5.41) is 7.59. The molecule has 0 radical (unpaired) electrons. The van der Waals surface area contributed by atoms with Crippen molar-refractivity contribution in [1.29, 1.82) is 0 Å². The number of para-hydroxylation sites is 5. The first-order valence-corrected chi connectivity index (χ1v) is 17.9. The summed E-state index contributed by atoms with van der Waals surface area (Å²) in [7, 11) is 0. The van der Waals surface area contributed by atoms with Crippen LogP contribution in [-0.2, 0) is 0 Å². The number of fused-ring (bicyclic) bond motifs is 9. The molecule has 3 heterocycles. The van der Waals surface area contributed by atoms with E-state index in [4.69, 9.17) is 0 Å². The molecule has 0 unspecified atom stereocenters. The summed E-state index contributed by atoms with van der Waals surface area (Å²) in [5.74, 6) is 0. The van der Waals surface area contributed by atoms with E-state index in [-0.39, 0.29) is 0 Å². The predicted molar refractivity (Wildman–Crippen MR) is 220 cm³/mol. The highest BCUT2D eigenvalue weighted by Gasteiger charge is 2.17. The molecule has 11 aromatic rings. The summed E-state index contributed by atoms with van der Waals surface area (Å²) in [6.07, 6.45) is 0. The summed E-state index contributed by atoms with van der Waals surface area (Å²) in [5.41, 5.74) is 14.5. The van der Waals surface area contributed by atoms with E-state index < -0.39 is 0 Å². The van der Waals surface area contributed by atoms with Crippen molar-refractivity contribution in [2.24, 2.45) is 0 Å². The second-order valence-electron chi connectivity index (χ2n) is 13.8. The molecule has 52 heavy (non-hydrogen) atoms. The van der Waals surface area contributed by atoms with Gasteiger partial charge in [-0.2, -0.15) is 0 Å². The van der Waals surface area contributed by atoms with E-state index >= 15 is 0 Å². The zero-order valence-electron chi connectivity index (χ0n) is 28.7. The third-order valence-electron chi connectivity index (χ3n) is 11.0. The number of hydrogen-bond donors (Lipinski definition) is 0. The Morgan fingerprint density at radius 2 is 0.635 bits per heavy atom. The molecule has 0 aliphatic rings. The summed E-state index contributed by atoms with van der Waals surface area (Å²) < 4.78 is 7.19. The van der Waals surface area contributed by atoms with Crippen LogP contribution in [0.4, 0.5) is 0 Å². The first-order chi connectivity index (χ1) is 25.7. The fourth-order valence-electron chi connectivity index (χ4n) is 8.61. The maximum Gasteiger partial charge on any atom is 0.0541 e. The maximum absolute atomic E-state index is 2.41. The Labute approximate surface area is 300 Å². The van der Waals surface area contributed by atoms with Gasteiger partial charge >= 0.3 is 0 Å². The van der Waals surface area contributed by atoms with Gasteiger partial charge in [-0.05, 0) is 102 Å². The van der Waals surface area contributed by atoms with Crippen LogP contribution in [0.25, 0.3) is 93.6 Å². The average molecular weight is 664 g/mol. The van der Waals surface area contributed by atoms with Crippen molar-refractivity contribution in [3.05, 3.63) is 188 Å². The zero-order valence-corrected chi connectivity index (χ0v) is 28.7. The van der Waals surface area contributed by atoms with E-state index in [1.54, 1.807) is 0 Å². The molecule has 0 amide bonds. The minimum absolute atomic E-state index is 1.15. The van der Waals surface area contributed by atoms with Gasteiger partial charge in [0, 0.05) is 49.4 Å². The molecule has 3 heteroatoms. The summed E-state index contributed by atoms with van der Waals surface area (Å²) in [6, 6.07) is 66.5. The van der Waals surface area contributed by atoms with Crippen molar-refractivity contribution >= 4 is 65.4 Å². The normalized spacial score (nSPS) is 11.9. The van der Waals surface area contributed by atoms with Gasteiger partial charge in [-0.25, -0.2) is 0 Å². The Morgan fingerprint density at radius 3 is 1.10 bits per heavy atom. The van der Waals surface area contributed by atoms with E-state index in [9.17, 15) is 0 Å². The Bertz CT molecular complexity index is 3130. The van der Waals surface area contributed by atoms with Crippen LogP contribution in [0.2, 0.25) is 0 Å². The molecule has 11 rings (SSSR count). The van der Waals surface area contributed by atoms with Crippen LogP contribution in [0.5, 0.6) is 0 Å². The molecule has 0 aliphatic heterocycles. The molecule has 0 spiro atoms. The second kappa shape index (κ2) is 11.1. The van der Waals surface area contributed by atoms with Crippen LogP contribution < -0.4 is 0 Å². The predicted octanol–water partition coefficient (Wildman–Crippen LogP) is 13.0. The fourth-order valence-corrected chi connectivity index (χ4v) is 8.61. The molecule has 0 aliphatic carbocycles. The number of hydrogen-bond acceptors (Lipinski definition) is 0. The smallest absolute Gasteiger partial charge is 0.0541 e. The topological polar surface area (TPSA) is 14.8 Å². The number of nitrogens with zero attached hydrogens (tertiary/aromatic N) is 3. The Balaban J connectivity index is 1.05. The first kappa shape index (κ1) is 28.9. The van der Waals surface area contributed by atoms with Gasteiger partial charge in [0.05, 0.1) is 33.1 Å². The SMILES string of the molecule is Cc1ccccc1-n1c2ccccc2c2cc(-c3ccc4c(c3)c3ccccc3n4-c3ccc(-n4c5ccccc5c5ccccc54)cc3)ccc21. The van der Waals surface area contributed by atoms with Gasteiger partial charge in [-0.15, -0.1) is 0 Å². The van der Waals surface area contributed by atoms with Gasteiger partial charge in [-0.3, -0.25) is 0 Å². The summed E-state index contributed by atoms with van der Waals surface area (Å²) >= 11 is 0. The van der Waals surface area contributed by atoms with E-state index in [1.165, 1.54) is 87.8 Å². The van der Waals surface area contributed by atoms with Crippen LogP contribution in [0.3, 0.4) is 0 Å². The van der Waals surface area contributed by atoms with E-state index in [0.717, 1.165) is 11.4 Å². The van der Waals surface area contributed by atoms with E-state index in [2.05, 4.69) is 203 Å². The molecule has 244 valence electrons. The monoisotopic (exact) mass is 663 g/mol. The standard InChI is InChI=1S/C49H33N3/c1-32-12-2-7-17-43(32)52-47-21-11-6-16-40(47)42-31-34(23-29-49(42)52)33-22-28-48-41(30-33)39-15-5-10-20-46(39)51(48)36-26-24-35(25-27-36)50-44-18-8-3-13-37(44)38-14-4-9-19-45(38)50/h2-31H,1H3. The summed E-state index contributed by atoms with van der Waals surface area (Å²) in [4.78, 5) is 0. The van der Waals surface area contributed by atoms with Crippen molar-refractivity contribution < 1.29 is 0 Å². The van der Waals surface area contributed by atoms with Gasteiger partial charge in [0.15, 0.2) is 0 Å². The molecule has 0 fully saturated rings. The zero-order chi connectivity index (χ0) is 34.3. The van der Waals surface area contributed by atoms with Gasteiger partial charge in [0.2, 0.25) is 0 Å². The van der Waals surface area contributed by atoms with Gasteiger partial charge < -0.3 is 13.7 Å². The highest BCUT2D eigenvalue weighted by molar-refractivity contribution is 6.13. The number of aryl methyl sites for hydroxylation is 1. The Kier molecular flexibility index (Phi) is 6.17. The molecule has 0 bridgehead atoms. The number of benzene rings is 8. The molecule has 0 N–H and O–H groups in total. The molecular weight excluding hydrogens is 631 g/mol. The van der Waals surface area contributed by atoms with Gasteiger partial charge in [0.25, 0.3) is 0 Å².